The second-order valence-corrected chi connectivity index (χ2v) is 5.06. The monoisotopic (exact) mass is 298 g/mol. The molecule has 0 bridgehead atoms. The summed E-state index contributed by atoms with van der Waals surface area (Å²) in [6, 6.07) is 9.69. The van der Waals surface area contributed by atoms with Crippen LogP contribution in [0, 0.1) is 5.82 Å². The van der Waals surface area contributed by atoms with Crippen LogP contribution >= 0.6 is 0 Å². The van der Waals surface area contributed by atoms with E-state index < -0.39 is 0 Å². The van der Waals surface area contributed by atoms with Gasteiger partial charge in [-0.15, -0.1) is 0 Å². The quantitative estimate of drug-likeness (QED) is 0.728. The van der Waals surface area contributed by atoms with E-state index in [9.17, 15) is 9.50 Å². The fraction of sp³-hybridized carbons (Fsp3) is 0.118. The molecule has 3 rings (SSSR count). The summed E-state index contributed by atoms with van der Waals surface area (Å²) < 4.78 is 18.1. The Morgan fingerprint density at radius 1 is 1.18 bits per heavy atom. The highest BCUT2D eigenvalue weighted by Gasteiger charge is 2.12. The Kier molecular flexibility index (Phi) is 3.55. The number of nitrogen functional groups attached to an aromatic ring is 1. The Balaban J connectivity index is 2.04. The van der Waals surface area contributed by atoms with Crippen LogP contribution in [0.15, 0.2) is 42.6 Å². The van der Waals surface area contributed by atoms with Gasteiger partial charge in [-0.2, -0.15) is 0 Å². The molecule has 0 atom stereocenters. The molecule has 3 N–H and O–H groups in total. The van der Waals surface area contributed by atoms with Crippen LogP contribution in [0.2, 0.25) is 0 Å². The Morgan fingerprint density at radius 3 is 2.59 bits per heavy atom. The van der Waals surface area contributed by atoms with Crippen molar-refractivity contribution < 1.29 is 14.2 Å². The summed E-state index contributed by atoms with van der Waals surface area (Å²) in [4.78, 5) is 4.35. The molecule has 22 heavy (non-hydrogen) atoms. The maximum Gasteiger partial charge on any atom is 0.187 e. The van der Waals surface area contributed by atoms with E-state index in [0.717, 1.165) is 11.1 Å². The molecule has 2 aromatic carbocycles. The van der Waals surface area contributed by atoms with E-state index in [2.05, 4.69) is 4.98 Å². The second kappa shape index (κ2) is 5.52. The molecule has 0 aliphatic heterocycles. The number of phenols is 1. The second-order valence-electron chi connectivity index (χ2n) is 5.06. The van der Waals surface area contributed by atoms with Crippen molar-refractivity contribution in [2.75, 3.05) is 12.8 Å². The van der Waals surface area contributed by atoms with Crippen molar-refractivity contribution in [2.45, 2.75) is 6.42 Å². The van der Waals surface area contributed by atoms with Gasteiger partial charge >= 0.3 is 0 Å². The van der Waals surface area contributed by atoms with Crippen LogP contribution in [0.3, 0.4) is 0 Å². The largest absolute Gasteiger partial charge is 0.504 e. The zero-order valence-electron chi connectivity index (χ0n) is 12.0. The Hall–Kier alpha value is -2.82. The number of pyridine rings is 1. The molecule has 1 heterocycles. The molecule has 0 unspecified atom stereocenters. The summed E-state index contributed by atoms with van der Waals surface area (Å²) in [6.07, 6.45) is 2.32. The first-order chi connectivity index (χ1) is 10.6. The number of nitrogens with zero attached hydrogens (tertiary/aromatic N) is 1. The molecule has 5 heteroatoms. The first-order valence-electron chi connectivity index (χ1n) is 6.77. The van der Waals surface area contributed by atoms with Gasteiger partial charge in [0.15, 0.2) is 11.5 Å². The topological polar surface area (TPSA) is 68.4 Å². The lowest BCUT2D eigenvalue weighted by Gasteiger charge is -2.11. The molecule has 0 fully saturated rings. The highest BCUT2D eigenvalue weighted by molar-refractivity contribution is 5.96. The molecular weight excluding hydrogens is 283 g/mol. The van der Waals surface area contributed by atoms with E-state index >= 15 is 0 Å². The van der Waals surface area contributed by atoms with E-state index in [4.69, 9.17) is 10.5 Å². The molecule has 1 aromatic heterocycles. The van der Waals surface area contributed by atoms with Gasteiger partial charge in [-0.3, -0.25) is 4.98 Å². The number of aromatic hydroxyl groups is 1. The normalized spacial score (nSPS) is 10.8. The fourth-order valence-corrected chi connectivity index (χ4v) is 2.46. The molecular formula is C17H15FN2O2. The summed E-state index contributed by atoms with van der Waals surface area (Å²) in [6.45, 7) is 0. The van der Waals surface area contributed by atoms with Crippen LogP contribution in [-0.2, 0) is 6.42 Å². The third-order valence-electron chi connectivity index (χ3n) is 3.52. The van der Waals surface area contributed by atoms with Crippen molar-refractivity contribution in [3.8, 4) is 11.5 Å². The first kappa shape index (κ1) is 14.1. The zero-order chi connectivity index (χ0) is 15.7. The number of methoxy groups -OCH3 is 1. The van der Waals surface area contributed by atoms with Crippen molar-refractivity contribution in [1.29, 1.82) is 0 Å². The van der Waals surface area contributed by atoms with Crippen LogP contribution in [0.5, 0.6) is 11.5 Å². The first-order valence-corrected chi connectivity index (χ1v) is 6.77. The standard InChI is InChI=1S/C17H15FN2O2/c1-22-17-15(21)8-14(19)13-7-11(9-20-16(13)17)6-10-2-4-12(18)5-3-10/h2-5,7-9,21H,6,19H2,1H3. The summed E-state index contributed by atoms with van der Waals surface area (Å²) in [7, 11) is 1.47. The van der Waals surface area contributed by atoms with Crippen molar-refractivity contribution in [3.63, 3.8) is 0 Å². The fourth-order valence-electron chi connectivity index (χ4n) is 2.46. The highest BCUT2D eigenvalue weighted by atomic mass is 19.1. The van der Waals surface area contributed by atoms with E-state index in [-0.39, 0.29) is 11.6 Å². The zero-order valence-corrected chi connectivity index (χ0v) is 12.0. The summed E-state index contributed by atoms with van der Waals surface area (Å²) in [5, 5.41) is 10.6. The maximum atomic E-state index is 12.9. The number of rotatable bonds is 3. The molecule has 0 aliphatic rings. The van der Waals surface area contributed by atoms with Crippen LogP contribution in [-0.4, -0.2) is 17.2 Å². The van der Waals surface area contributed by atoms with Gasteiger partial charge in [0.2, 0.25) is 0 Å². The maximum absolute atomic E-state index is 12.9. The number of hydrogen-bond acceptors (Lipinski definition) is 4. The number of nitrogens with two attached hydrogens (primary N) is 1. The lowest BCUT2D eigenvalue weighted by Crippen LogP contribution is -1.96. The van der Waals surface area contributed by atoms with Crippen molar-refractivity contribution in [2.24, 2.45) is 0 Å². The van der Waals surface area contributed by atoms with Gasteiger partial charge in [0.05, 0.1) is 7.11 Å². The van der Waals surface area contributed by atoms with Crippen LogP contribution in [0.4, 0.5) is 10.1 Å². The summed E-state index contributed by atoms with van der Waals surface area (Å²) in [5.74, 6) is 0.00802. The molecule has 0 spiro atoms. The van der Waals surface area contributed by atoms with Gasteiger partial charge in [0.25, 0.3) is 0 Å². The summed E-state index contributed by atoms with van der Waals surface area (Å²) >= 11 is 0. The van der Waals surface area contributed by atoms with E-state index in [0.29, 0.717) is 28.8 Å². The van der Waals surface area contributed by atoms with E-state index in [1.807, 2.05) is 6.07 Å². The third kappa shape index (κ3) is 2.53. The number of benzene rings is 2. The van der Waals surface area contributed by atoms with Crippen molar-refractivity contribution in [3.05, 3.63) is 59.5 Å². The van der Waals surface area contributed by atoms with E-state index in [1.165, 1.54) is 25.3 Å². The van der Waals surface area contributed by atoms with Gasteiger partial charge in [-0.05, 0) is 35.7 Å². The lowest BCUT2D eigenvalue weighted by molar-refractivity contribution is 0.377. The highest BCUT2D eigenvalue weighted by Crippen LogP contribution is 2.37. The number of ether oxygens (including phenoxy) is 1. The minimum absolute atomic E-state index is 0.0358. The number of halogens is 1. The Morgan fingerprint density at radius 2 is 1.91 bits per heavy atom. The van der Waals surface area contributed by atoms with Crippen molar-refractivity contribution >= 4 is 16.6 Å². The van der Waals surface area contributed by atoms with Crippen LogP contribution in [0.1, 0.15) is 11.1 Å². The van der Waals surface area contributed by atoms with Gasteiger partial charge in [0.1, 0.15) is 11.3 Å². The molecule has 4 nitrogen and oxygen atoms in total. The number of phenolic OH excluding ortho intramolecular Hbond substituents is 1. The molecule has 0 radical (unpaired) electrons. The minimum Gasteiger partial charge on any atom is -0.504 e. The molecule has 3 aromatic rings. The summed E-state index contributed by atoms with van der Waals surface area (Å²) in [5.41, 5.74) is 8.83. The minimum atomic E-state index is -0.259. The molecule has 0 saturated carbocycles. The van der Waals surface area contributed by atoms with Crippen LogP contribution < -0.4 is 10.5 Å². The number of hydrogen-bond donors (Lipinski definition) is 2. The smallest absolute Gasteiger partial charge is 0.187 e. The average Bonchev–Trinajstić information content (AvgIpc) is 2.50. The SMILES string of the molecule is COc1c(O)cc(N)c2cc(Cc3ccc(F)cc3)cnc12. The van der Waals surface area contributed by atoms with Gasteiger partial charge in [0, 0.05) is 23.3 Å². The predicted octanol–water partition coefficient (Wildman–Crippen LogP) is 3.26. The Bertz CT molecular complexity index is 832. The lowest BCUT2D eigenvalue weighted by atomic mass is 10.0. The molecule has 0 saturated heterocycles. The third-order valence-corrected chi connectivity index (χ3v) is 3.52. The predicted molar refractivity (Wildman–Crippen MR) is 83.6 cm³/mol. The van der Waals surface area contributed by atoms with E-state index in [1.54, 1.807) is 18.3 Å². The van der Waals surface area contributed by atoms with Crippen LogP contribution in [0.25, 0.3) is 10.9 Å². The Labute approximate surface area is 127 Å². The molecule has 112 valence electrons. The molecule has 0 aliphatic carbocycles. The number of fused-ring (bicyclic) bond motifs is 1. The average molecular weight is 298 g/mol. The van der Waals surface area contributed by atoms with Gasteiger partial charge in [-0.1, -0.05) is 12.1 Å². The molecule has 0 amide bonds. The van der Waals surface area contributed by atoms with Crippen molar-refractivity contribution in [1.82, 2.24) is 4.98 Å². The van der Waals surface area contributed by atoms with Gasteiger partial charge < -0.3 is 15.6 Å². The number of anilines is 1. The number of aromatic nitrogens is 1. The van der Waals surface area contributed by atoms with Gasteiger partial charge in [-0.25, -0.2) is 4.39 Å².